The minimum Gasteiger partial charge on any atom is -0.359 e. The Morgan fingerprint density at radius 2 is 1.82 bits per heavy atom. The van der Waals surface area contributed by atoms with Gasteiger partial charge in [-0.15, -0.1) is 0 Å². The van der Waals surface area contributed by atoms with Crippen LogP contribution in [0.15, 0.2) is 41.3 Å². The zero-order valence-corrected chi connectivity index (χ0v) is 23.3. The van der Waals surface area contributed by atoms with Crippen molar-refractivity contribution in [3.63, 3.8) is 0 Å². The molecule has 2 aliphatic rings. The Labute approximate surface area is 235 Å². The van der Waals surface area contributed by atoms with Crippen molar-refractivity contribution in [1.82, 2.24) is 10.3 Å². The summed E-state index contributed by atoms with van der Waals surface area (Å²) < 4.78 is 26.7. The molecular weight excluding hydrogens is 561 g/mol. The molecule has 0 radical (unpaired) electrons. The highest BCUT2D eigenvalue weighted by atomic mass is 35.5. The number of aryl methyl sites for hydroxylation is 1. The number of anilines is 1. The number of sulfone groups is 1. The number of halogens is 2. The Hall–Kier alpha value is -3.40. The van der Waals surface area contributed by atoms with Crippen molar-refractivity contribution in [3.05, 3.63) is 80.1 Å². The third-order valence-corrected chi connectivity index (χ3v) is 9.37. The highest BCUT2D eigenvalue weighted by Gasteiger charge is 2.30. The van der Waals surface area contributed by atoms with Crippen LogP contribution < -0.4 is 10.6 Å². The van der Waals surface area contributed by atoms with Crippen molar-refractivity contribution in [2.24, 2.45) is 0 Å². The van der Waals surface area contributed by atoms with Crippen molar-refractivity contribution in [3.8, 4) is 0 Å². The minimum absolute atomic E-state index is 0.00643. The second-order valence-corrected chi connectivity index (χ2v) is 12.3. The maximum atomic E-state index is 13.3. The van der Waals surface area contributed by atoms with Crippen LogP contribution in [0.3, 0.4) is 0 Å². The molecule has 0 spiro atoms. The summed E-state index contributed by atoms with van der Waals surface area (Å²) in [5, 5.41) is 5.86. The summed E-state index contributed by atoms with van der Waals surface area (Å²) in [6.45, 7) is 0. The maximum Gasteiger partial charge on any atom is 0.256 e. The van der Waals surface area contributed by atoms with Gasteiger partial charge in [0.15, 0.2) is 15.6 Å². The highest BCUT2D eigenvalue weighted by molar-refractivity contribution is 7.90. The molecule has 0 unspecified atom stereocenters. The zero-order valence-electron chi connectivity index (χ0n) is 21.0. The smallest absolute Gasteiger partial charge is 0.256 e. The molecule has 0 bridgehead atoms. The normalized spacial score (nSPS) is 15.7. The van der Waals surface area contributed by atoms with Gasteiger partial charge < -0.3 is 15.6 Å². The van der Waals surface area contributed by atoms with Gasteiger partial charge in [0, 0.05) is 63.7 Å². The number of amides is 2. The highest BCUT2D eigenvalue weighted by Crippen LogP contribution is 2.38. The number of aromatic amines is 1. The molecule has 3 N–H and O–H groups in total. The van der Waals surface area contributed by atoms with E-state index >= 15 is 0 Å². The number of nitrogens with one attached hydrogen (secondary N) is 3. The number of Topliss-reactive ketones (excluding diaryl/α,β-unsaturated/α-hetero) is 1. The molecule has 202 valence electrons. The third-order valence-electron chi connectivity index (χ3n) is 7.02. The van der Waals surface area contributed by atoms with Crippen LogP contribution >= 0.6 is 23.2 Å². The molecule has 1 aromatic heterocycles. The number of benzene rings is 2. The Morgan fingerprint density at radius 1 is 1.08 bits per heavy atom. The first-order valence-electron chi connectivity index (χ1n) is 12.4. The Kier molecular flexibility index (Phi) is 7.41. The summed E-state index contributed by atoms with van der Waals surface area (Å²) in [4.78, 5) is 41.1. The Balaban J connectivity index is 1.56. The number of aromatic nitrogens is 1. The molecule has 39 heavy (non-hydrogen) atoms. The number of carbonyl (C=O) groups excluding carboxylic acids is 3. The summed E-state index contributed by atoms with van der Waals surface area (Å²) in [5.41, 5.74) is 4.07. The number of carbonyl (C=O) groups is 3. The lowest BCUT2D eigenvalue weighted by molar-refractivity contribution is -0.120. The average molecular weight is 586 g/mol. The summed E-state index contributed by atoms with van der Waals surface area (Å²) in [5.74, 6) is -0.958. The molecule has 1 aliphatic carbocycles. The van der Waals surface area contributed by atoms with Crippen molar-refractivity contribution < 1.29 is 22.8 Å². The molecule has 0 saturated carbocycles. The number of rotatable bonds is 7. The molecule has 0 fully saturated rings. The van der Waals surface area contributed by atoms with Gasteiger partial charge in [0.25, 0.3) is 5.91 Å². The van der Waals surface area contributed by atoms with Gasteiger partial charge in [0.1, 0.15) is 0 Å². The van der Waals surface area contributed by atoms with Crippen molar-refractivity contribution in [2.45, 2.75) is 42.8 Å². The van der Waals surface area contributed by atoms with Crippen LogP contribution in [0.5, 0.6) is 0 Å². The van der Waals surface area contributed by atoms with Crippen LogP contribution in [0.1, 0.15) is 57.7 Å². The van der Waals surface area contributed by atoms with Gasteiger partial charge in [-0.2, -0.15) is 0 Å². The molecule has 1 aliphatic heterocycles. The van der Waals surface area contributed by atoms with Crippen molar-refractivity contribution >= 4 is 68.0 Å². The molecular formula is C28H25Cl2N3O5S. The fraction of sp³-hybridized carbons (Fsp3) is 0.250. The van der Waals surface area contributed by atoms with Crippen LogP contribution in [0.2, 0.25) is 10.0 Å². The van der Waals surface area contributed by atoms with Crippen LogP contribution in [0, 0.1) is 0 Å². The summed E-state index contributed by atoms with van der Waals surface area (Å²) in [7, 11) is -2.31. The number of hydrogen-bond acceptors (Lipinski definition) is 5. The molecule has 11 heteroatoms. The summed E-state index contributed by atoms with van der Waals surface area (Å²) in [6, 6.07) is 9.23. The minimum atomic E-state index is -3.86. The topological polar surface area (TPSA) is 125 Å². The van der Waals surface area contributed by atoms with E-state index in [0.717, 1.165) is 12.1 Å². The lowest BCUT2D eigenvalue weighted by Gasteiger charge is -2.11. The quantitative estimate of drug-likeness (QED) is 0.337. The molecule has 0 saturated heterocycles. The van der Waals surface area contributed by atoms with E-state index in [2.05, 4.69) is 15.6 Å². The van der Waals surface area contributed by atoms with Gasteiger partial charge in [-0.05, 0) is 61.2 Å². The van der Waals surface area contributed by atoms with Crippen LogP contribution in [0.25, 0.3) is 11.6 Å². The third kappa shape index (κ3) is 5.26. The van der Waals surface area contributed by atoms with E-state index in [0.29, 0.717) is 52.9 Å². The van der Waals surface area contributed by atoms with Crippen molar-refractivity contribution in [1.29, 1.82) is 0 Å². The van der Waals surface area contributed by atoms with Crippen LogP contribution in [-0.4, -0.2) is 38.0 Å². The Morgan fingerprint density at radius 3 is 2.54 bits per heavy atom. The van der Waals surface area contributed by atoms with E-state index in [-0.39, 0.29) is 38.6 Å². The number of hydrogen-bond donors (Lipinski definition) is 3. The summed E-state index contributed by atoms with van der Waals surface area (Å²) in [6.07, 6.45) is 3.96. The first-order chi connectivity index (χ1) is 18.6. The molecule has 2 aromatic carbocycles. The molecule has 2 heterocycles. The summed E-state index contributed by atoms with van der Waals surface area (Å²) >= 11 is 12.4. The van der Waals surface area contributed by atoms with Gasteiger partial charge in [-0.25, -0.2) is 8.42 Å². The molecule has 3 aromatic rings. The van der Waals surface area contributed by atoms with E-state index in [1.54, 1.807) is 37.4 Å². The van der Waals surface area contributed by atoms with Gasteiger partial charge >= 0.3 is 0 Å². The lowest BCUT2D eigenvalue weighted by atomic mass is 9.91. The molecule has 2 amide bonds. The van der Waals surface area contributed by atoms with Gasteiger partial charge in [-0.1, -0.05) is 29.3 Å². The first kappa shape index (κ1) is 27.2. The van der Waals surface area contributed by atoms with Gasteiger partial charge in [0.05, 0.1) is 16.2 Å². The van der Waals surface area contributed by atoms with E-state index in [4.69, 9.17) is 23.2 Å². The number of H-pyrrole nitrogens is 1. The second-order valence-electron chi connectivity index (χ2n) is 9.50. The predicted molar refractivity (Wildman–Crippen MR) is 151 cm³/mol. The number of ketones is 1. The van der Waals surface area contributed by atoms with E-state index in [1.807, 2.05) is 0 Å². The van der Waals surface area contributed by atoms with Gasteiger partial charge in [0.2, 0.25) is 5.91 Å². The Bertz CT molecular complexity index is 1650. The monoisotopic (exact) mass is 585 g/mol. The average Bonchev–Trinajstić information content (AvgIpc) is 3.41. The molecule has 5 rings (SSSR count). The molecule has 8 nitrogen and oxygen atoms in total. The fourth-order valence-corrected chi connectivity index (χ4v) is 7.15. The van der Waals surface area contributed by atoms with Crippen LogP contribution in [0.4, 0.5) is 5.69 Å². The first-order valence-corrected chi connectivity index (χ1v) is 14.8. The van der Waals surface area contributed by atoms with Crippen LogP contribution in [-0.2, 0) is 38.0 Å². The number of fused-ring (bicyclic) bond motifs is 2. The molecule has 0 atom stereocenters. The zero-order chi connectivity index (χ0) is 27.9. The lowest BCUT2D eigenvalue weighted by Crippen LogP contribution is -2.19. The van der Waals surface area contributed by atoms with Gasteiger partial charge in [-0.3, -0.25) is 14.4 Å². The standard InChI is InChI=1S/C28H25Cl2N3O5S/c1-31-26(35)11-9-16-24(32-23-6-3-7-25(34)27(16)23)13-18-17-12-15(8-10-22(17)33-28(18)36)39(37,38)14-19-20(29)4-2-5-21(19)30/h2,4-5,8,10,12-13,32H,3,6-7,9,11,14H2,1H3,(H,31,35)(H,33,36)/b18-13-. The van der Waals surface area contributed by atoms with E-state index < -0.39 is 21.5 Å². The maximum absolute atomic E-state index is 13.3. The van der Waals surface area contributed by atoms with E-state index in [1.165, 1.54) is 12.1 Å². The second kappa shape index (κ2) is 10.6. The predicted octanol–water partition coefficient (Wildman–Crippen LogP) is 4.99. The fourth-order valence-electron chi connectivity index (χ4n) is 5.03. The SMILES string of the molecule is CNC(=O)CCc1c(/C=C2\C(=O)Nc3ccc(S(=O)(=O)Cc4c(Cl)cccc4Cl)cc32)[nH]c2c1C(=O)CCC2. The largest absolute Gasteiger partial charge is 0.359 e. The van der Waals surface area contributed by atoms with Crippen molar-refractivity contribution in [2.75, 3.05) is 12.4 Å². The van der Waals surface area contributed by atoms with E-state index in [9.17, 15) is 22.8 Å².